The third kappa shape index (κ3) is 2.13. The summed E-state index contributed by atoms with van der Waals surface area (Å²) in [6, 6.07) is -0.587. The van der Waals surface area contributed by atoms with Crippen molar-refractivity contribution >= 4 is 12.2 Å². The second-order valence-electron chi connectivity index (χ2n) is 1.50. The van der Waals surface area contributed by atoms with Gasteiger partial charge in [0, 0.05) is 12.4 Å². The summed E-state index contributed by atoms with van der Waals surface area (Å²) in [7, 11) is 0. The molecule has 0 aromatic carbocycles. The van der Waals surface area contributed by atoms with Crippen molar-refractivity contribution in [2.45, 2.75) is 0 Å². The summed E-state index contributed by atoms with van der Waals surface area (Å²) in [4.78, 5) is 13.9. The van der Waals surface area contributed by atoms with Gasteiger partial charge < -0.3 is 0 Å². The highest BCUT2D eigenvalue weighted by Crippen LogP contribution is 1.88. The smallest absolute Gasteiger partial charge is 0.242 e. The highest BCUT2D eigenvalue weighted by molar-refractivity contribution is 5.87. The maximum atomic E-state index is 10.5. The van der Waals surface area contributed by atoms with Crippen molar-refractivity contribution < 1.29 is 4.79 Å². The topological polar surface area (TPSA) is 54.1 Å². The van der Waals surface area contributed by atoms with Crippen LogP contribution >= 0.6 is 0 Å². The zero-order chi connectivity index (χ0) is 7.23. The third-order valence-electron chi connectivity index (χ3n) is 0.789. The molecule has 50 valence electrons. The van der Waals surface area contributed by atoms with Crippen LogP contribution in [0.15, 0.2) is 39.6 Å². The summed E-state index contributed by atoms with van der Waals surface area (Å²) in [5, 5.41) is 6.61. The van der Waals surface area contributed by atoms with Crippen LogP contribution in [-0.2, 0) is 0 Å². The summed E-state index contributed by atoms with van der Waals surface area (Å²) in [5.74, 6) is 0. The zero-order valence-corrected chi connectivity index (χ0v) is 5.14. The van der Waals surface area contributed by atoms with Crippen LogP contribution in [0.3, 0.4) is 0 Å². The van der Waals surface area contributed by atoms with Crippen LogP contribution in [0, 0.1) is 0 Å². The molecule has 0 radical (unpaired) electrons. The lowest BCUT2D eigenvalue weighted by Crippen LogP contribution is -1.80. The first kappa shape index (κ1) is 6.54. The van der Waals surface area contributed by atoms with Crippen molar-refractivity contribution in [2.24, 2.45) is 15.2 Å². The molecule has 0 unspecified atom stereocenters. The first-order valence-electron chi connectivity index (χ1n) is 2.70. The van der Waals surface area contributed by atoms with E-state index in [4.69, 9.17) is 0 Å². The second kappa shape index (κ2) is 3.45. The number of hydrogen-bond acceptors (Lipinski definition) is 2. The van der Waals surface area contributed by atoms with Crippen LogP contribution in [0.4, 0.5) is 4.79 Å². The number of nitrogens with zero attached hydrogens (tertiary/aromatic N) is 3. The number of carbonyl (C=O) groups is 1. The van der Waals surface area contributed by atoms with Gasteiger partial charge in [-0.3, -0.25) is 0 Å². The Kier molecular flexibility index (Phi) is 2.25. The minimum absolute atomic E-state index is 0.587. The summed E-state index contributed by atoms with van der Waals surface area (Å²) in [6.45, 7) is 0. The predicted octanol–water partition coefficient (Wildman–Crippen LogP) is 1.71. The standard InChI is InChI=1S/C6H5N3O/c10-6-7-4-2-1-3-5-8-9-6/h1-5H. The molecule has 0 saturated carbocycles. The molecule has 10 heavy (non-hydrogen) atoms. The van der Waals surface area contributed by atoms with Gasteiger partial charge >= 0.3 is 6.03 Å². The van der Waals surface area contributed by atoms with Crippen LogP contribution in [0.2, 0.25) is 0 Å². The second-order valence-corrected chi connectivity index (χ2v) is 1.50. The Labute approximate surface area is 57.7 Å². The maximum absolute atomic E-state index is 10.5. The minimum Gasteiger partial charge on any atom is -0.242 e. The van der Waals surface area contributed by atoms with Crippen molar-refractivity contribution in [3.8, 4) is 0 Å². The SMILES string of the molecule is O=C1N=CC=CC=CN=N1. The summed E-state index contributed by atoms with van der Waals surface area (Å²) in [6.07, 6.45) is 7.79. The van der Waals surface area contributed by atoms with Gasteiger partial charge in [-0.25, -0.2) is 4.79 Å². The average molecular weight is 135 g/mol. The first-order valence-corrected chi connectivity index (χ1v) is 2.70. The van der Waals surface area contributed by atoms with Crippen LogP contribution in [0.1, 0.15) is 0 Å². The number of aliphatic imine (C=N–C) groups is 1. The third-order valence-corrected chi connectivity index (χ3v) is 0.789. The fourth-order valence-corrected chi connectivity index (χ4v) is 0.417. The number of azo groups is 1. The molecule has 0 aliphatic carbocycles. The molecule has 4 heteroatoms. The number of carbonyl (C=O) groups excluding carboxylic acids is 1. The lowest BCUT2D eigenvalue weighted by atomic mass is 10.5. The van der Waals surface area contributed by atoms with Gasteiger partial charge in [0.2, 0.25) is 0 Å². The van der Waals surface area contributed by atoms with Gasteiger partial charge in [0.25, 0.3) is 0 Å². The maximum Gasteiger partial charge on any atom is 0.385 e. The molecule has 0 atom stereocenters. The van der Waals surface area contributed by atoms with E-state index in [0.29, 0.717) is 0 Å². The van der Waals surface area contributed by atoms with E-state index < -0.39 is 6.03 Å². The molecular weight excluding hydrogens is 130 g/mol. The number of hydrogen-bond donors (Lipinski definition) is 0. The molecule has 0 aromatic rings. The molecule has 1 heterocycles. The zero-order valence-electron chi connectivity index (χ0n) is 5.14. The van der Waals surface area contributed by atoms with Crippen LogP contribution < -0.4 is 0 Å². The molecule has 1 aliphatic heterocycles. The van der Waals surface area contributed by atoms with Gasteiger partial charge in [-0.1, -0.05) is 11.2 Å². The van der Waals surface area contributed by atoms with Gasteiger partial charge in [0.1, 0.15) is 0 Å². The number of urea groups is 1. The van der Waals surface area contributed by atoms with Crippen molar-refractivity contribution in [3.63, 3.8) is 0 Å². The highest BCUT2D eigenvalue weighted by Gasteiger charge is 1.88. The molecule has 2 amide bonds. The summed E-state index contributed by atoms with van der Waals surface area (Å²) < 4.78 is 0. The van der Waals surface area contributed by atoms with E-state index in [2.05, 4.69) is 15.2 Å². The van der Waals surface area contributed by atoms with E-state index in [1.165, 1.54) is 12.4 Å². The molecule has 0 bridgehead atoms. The molecule has 1 rings (SSSR count). The Morgan fingerprint density at radius 3 is 3.00 bits per heavy atom. The number of amides is 2. The fraction of sp³-hybridized carbons (Fsp3) is 0. The molecule has 4 nitrogen and oxygen atoms in total. The van der Waals surface area contributed by atoms with Gasteiger partial charge in [-0.05, 0) is 12.2 Å². The Hall–Kier alpha value is -1.58. The Bertz CT molecular complexity index is 213. The van der Waals surface area contributed by atoms with Crippen LogP contribution in [0.25, 0.3) is 0 Å². The predicted molar refractivity (Wildman–Crippen MR) is 37.0 cm³/mol. The van der Waals surface area contributed by atoms with Crippen LogP contribution in [0.5, 0.6) is 0 Å². The molecule has 0 fully saturated rings. The van der Waals surface area contributed by atoms with E-state index in [1.807, 2.05) is 0 Å². The van der Waals surface area contributed by atoms with Crippen molar-refractivity contribution in [3.05, 3.63) is 24.4 Å². The number of allylic oxidation sites excluding steroid dienone is 3. The average Bonchev–Trinajstić information content (AvgIpc) is 2.02. The van der Waals surface area contributed by atoms with Gasteiger partial charge in [0.15, 0.2) is 0 Å². The Morgan fingerprint density at radius 2 is 2.10 bits per heavy atom. The van der Waals surface area contributed by atoms with Crippen LogP contribution in [-0.4, -0.2) is 12.2 Å². The lowest BCUT2D eigenvalue weighted by Gasteiger charge is -1.74. The van der Waals surface area contributed by atoms with E-state index in [0.717, 1.165) is 0 Å². The first-order chi connectivity index (χ1) is 4.89. The largest absolute Gasteiger partial charge is 0.385 e. The molecule has 0 N–H and O–H groups in total. The molecular formula is C6H5N3O. The lowest BCUT2D eigenvalue weighted by molar-refractivity contribution is 0.256. The molecule has 0 saturated heterocycles. The van der Waals surface area contributed by atoms with Gasteiger partial charge in [0.05, 0.1) is 0 Å². The molecule has 1 aliphatic rings. The highest BCUT2D eigenvalue weighted by atomic mass is 16.2. The minimum atomic E-state index is -0.587. The van der Waals surface area contributed by atoms with Crippen molar-refractivity contribution in [1.29, 1.82) is 0 Å². The number of rotatable bonds is 0. The van der Waals surface area contributed by atoms with E-state index in [9.17, 15) is 4.79 Å². The quantitative estimate of drug-likeness (QED) is 0.498. The monoisotopic (exact) mass is 135 g/mol. The van der Waals surface area contributed by atoms with Gasteiger partial charge in [-0.2, -0.15) is 10.1 Å². The normalized spacial score (nSPS) is 16.6. The molecule has 0 spiro atoms. The molecule has 0 aromatic heterocycles. The van der Waals surface area contributed by atoms with E-state index >= 15 is 0 Å². The Balaban J connectivity index is 2.80. The fourth-order valence-electron chi connectivity index (χ4n) is 0.417. The van der Waals surface area contributed by atoms with E-state index in [-0.39, 0.29) is 0 Å². The Morgan fingerprint density at radius 1 is 1.20 bits per heavy atom. The van der Waals surface area contributed by atoms with Crippen molar-refractivity contribution in [2.75, 3.05) is 0 Å². The van der Waals surface area contributed by atoms with Gasteiger partial charge in [-0.15, -0.1) is 0 Å². The van der Waals surface area contributed by atoms with Crippen molar-refractivity contribution in [1.82, 2.24) is 0 Å². The van der Waals surface area contributed by atoms with E-state index in [1.54, 1.807) is 18.2 Å². The summed E-state index contributed by atoms with van der Waals surface area (Å²) in [5.41, 5.74) is 0. The summed E-state index contributed by atoms with van der Waals surface area (Å²) >= 11 is 0.